The van der Waals surface area contributed by atoms with Crippen LogP contribution in [0, 0.1) is 5.92 Å². The van der Waals surface area contributed by atoms with Gasteiger partial charge in [-0.15, -0.1) is 0 Å². The van der Waals surface area contributed by atoms with E-state index in [-0.39, 0.29) is 5.91 Å². The lowest BCUT2D eigenvalue weighted by Gasteiger charge is -2.20. The standard InChI is InChI=1S/C16H22N2O/c1-3-12-4-6-13(7-5-12)16(19)18-10-14-8-9-17(2)15(14)11-18/h4-7,14-15H,3,8-11H2,1-2H3/t14-,15+/m0/s1. The van der Waals surface area contributed by atoms with E-state index in [1.807, 2.05) is 17.0 Å². The molecular weight excluding hydrogens is 236 g/mol. The van der Waals surface area contributed by atoms with Gasteiger partial charge in [0, 0.05) is 24.7 Å². The molecule has 3 rings (SSSR count). The summed E-state index contributed by atoms with van der Waals surface area (Å²) in [6, 6.07) is 8.66. The predicted octanol–water partition coefficient (Wildman–Crippen LogP) is 2.03. The average Bonchev–Trinajstić information content (AvgIpc) is 3.01. The zero-order valence-electron chi connectivity index (χ0n) is 11.8. The van der Waals surface area contributed by atoms with Crippen LogP contribution in [0.1, 0.15) is 29.3 Å². The molecule has 1 aromatic rings. The molecule has 0 bridgehead atoms. The number of hydrogen-bond acceptors (Lipinski definition) is 2. The van der Waals surface area contributed by atoms with Crippen molar-refractivity contribution in [3.8, 4) is 0 Å². The number of fused-ring (bicyclic) bond motifs is 1. The van der Waals surface area contributed by atoms with Crippen LogP contribution in [0.4, 0.5) is 0 Å². The van der Waals surface area contributed by atoms with E-state index in [1.165, 1.54) is 18.5 Å². The van der Waals surface area contributed by atoms with Crippen molar-refractivity contribution in [3.63, 3.8) is 0 Å². The number of rotatable bonds is 2. The van der Waals surface area contributed by atoms with Crippen LogP contribution >= 0.6 is 0 Å². The van der Waals surface area contributed by atoms with Crippen molar-refractivity contribution in [3.05, 3.63) is 35.4 Å². The molecule has 1 amide bonds. The summed E-state index contributed by atoms with van der Waals surface area (Å²) < 4.78 is 0. The van der Waals surface area contributed by atoms with Gasteiger partial charge in [0.1, 0.15) is 0 Å². The molecule has 0 aliphatic carbocycles. The largest absolute Gasteiger partial charge is 0.337 e. The van der Waals surface area contributed by atoms with E-state index < -0.39 is 0 Å². The van der Waals surface area contributed by atoms with Gasteiger partial charge in [-0.25, -0.2) is 0 Å². The molecule has 102 valence electrons. The molecule has 0 aromatic heterocycles. The van der Waals surface area contributed by atoms with Gasteiger partial charge in [-0.3, -0.25) is 4.79 Å². The molecule has 2 fully saturated rings. The summed E-state index contributed by atoms with van der Waals surface area (Å²) in [4.78, 5) is 16.9. The van der Waals surface area contributed by atoms with Crippen LogP contribution in [-0.2, 0) is 6.42 Å². The zero-order chi connectivity index (χ0) is 13.4. The Bertz CT molecular complexity index is 468. The summed E-state index contributed by atoms with van der Waals surface area (Å²) in [5.41, 5.74) is 2.12. The highest BCUT2D eigenvalue weighted by Crippen LogP contribution is 2.30. The summed E-state index contributed by atoms with van der Waals surface area (Å²) in [5.74, 6) is 0.884. The Labute approximate surface area is 115 Å². The van der Waals surface area contributed by atoms with Crippen LogP contribution in [-0.4, -0.2) is 48.4 Å². The first-order chi connectivity index (χ1) is 9.19. The maximum absolute atomic E-state index is 12.5. The van der Waals surface area contributed by atoms with Gasteiger partial charge in [0.05, 0.1) is 0 Å². The number of nitrogens with zero attached hydrogens (tertiary/aromatic N) is 2. The van der Waals surface area contributed by atoms with E-state index in [9.17, 15) is 4.79 Å². The lowest BCUT2D eigenvalue weighted by Crippen LogP contribution is -2.35. The van der Waals surface area contributed by atoms with Gasteiger partial charge in [0.25, 0.3) is 5.91 Å². The second-order valence-electron chi connectivity index (χ2n) is 5.86. The normalized spacial score (nSPS) is 26.7. The minimum atomic E-state index is 0.199. The summed E-state index contributed by atoms with van der Waals surface area (Å²) >= 11 is 0. The topological polar surface area (TPSA) is 23.6 Å². The first-order valence-electron chi connectivity index (χ1n) is 7.27. The number of carbonyl (C=O) groups is 1. The zero-order valence-corrected chi connectivity index (χ0v) is 11.8. The smallest absolute Gasteiger partial charge is 0.253 e. The van der Waals surface area contributed by atoms with Crippen molar-refractivity contribution in [1.29, 1.82) is 0 Å². The van der Waals surface area contributed by atoms with Crippen LogP contribution < -0.4 is 0 Å². The van der Waals surface area contributed by atoms with Crippen LogP contribution in [0.15, 0.2) is 24.3 Å². The molecule has 0 radical (unpaired) electrons. The molecule has 0 saturated carbocycles. The molecule has 2 heterocycles. The molecule has 2 aliphatic heterocycles. The second-order valence-corrected chi connectivity index (χ2v) is 5.86. The number of carbonyl (C=O) groups excluding carboxylic acids is 1. The Hall–Kier alpha value is -1.35. The minimum Gasteiger partial charge on any atom is -0.337 e. The molecule has 2 atom stereocenters. The van der Waals surface area contributed by atoms with Crippen LogP contribution in [0.2, 0.25) is 0 Å². The fraction of sp³-hybridized carbons (Fsp3) is 0.562. The van der Waals surface area contributed by atoms with E-state index in [0.29, 0.717) is 12.0 Å². The van der Waals surface area contributed by atoms with E-state index in [0.717, 1.165) is 25.1 Å². The third-order valence-corrected chi connectivity index (χ3v) is 4.72. The summed E-state index contributed by atoms with van der Waals surface area (Å²) in [7, 11) is 2.18. The highest BCUT2D eigenvalue weighted by atomic mass is 16.2. The van der Waals surface area contributed by atoms with Gasteiger partial charge in [-0.1, -0.05) is 19.1 Å². The van der Waals surface area contributed by atoms with E-state index in [1.54, 1.807) is 0 Å². The quantitative estimate of drug-likeness (QED) is 0.810. The van der Waals surface area contributed by atoms with Gasteiger partial charge in [-0.2, -0.15) is 0 Å². The SMILES string of the molecule is CCc1ccc(C(=O)N2C[C@@H]3CCN(C)[C@@H]3C2)cc1. The Balaban J connectivity index is 1.71. The third kappa shape index (κ3) is 2.27. The first kappa shape index (κ1) is 12.7. The molecule has 19 heavy (non-hydrogen) atoms. The van der Waals surface area contributed by atoms with Gasteiger partial charge in [-0.05, 0) is 50.0 Å². The van der Waals surface area contributed by atoms with E-state index in [2.05, 4.69) is 31.0 Å². The number of hydrogen-bond donors (Lipinski definition) is 0. The number of benzene rings is 1. The summed E-state index contributed by atoms with van der Waals surface area (Å²) in [6.45, 7) is 5.15. The van der Waals surface area contributed by atoms with E-state index >= 15 is 0 Å². The van der Waals surface area contributed by atoms with Gasteiger partial charge >= 0.3 is 0 Å². The number of likely N-dealkylation sites (N-methyl/N-ethyl adjacent to an activating group) is 1. The maximum Gasteiger partial charge on any atom is 0.253 e. The fourth-order valence-corrected chi connectivity index (χ4v) is 3.40. The van der Waals surface area contributed by atoms with Crippen molar-refractivity contribution in [2.24, 2.45) is 5.92 Å². The lowest BCUT2D eigenvalue weighted by atomic mass is 10.1. The van der Waals surface area contributed by atoms with E-state index in [4.69, 9.17) is 0 Å². The molecule has 0 N–H and O–H groups in total. The second kappa shape index (κ2) is 4.97. The molecule has 2 aliphatic rings. The molecule has 0 spiro atoms. The highest BCUT2D eigenvalue weighted by Gasteiger charge is 2.41. The number of amides is 1. The minimum absolute atomic E-state index is 0.199. The molecule has 0 unspecified atom stereocenters. The summed E-state index contributed by atoms with van der Waals surface area (Å²) in [5, 5.41) is 0. The molecule has 1 aromatic carbocycles. The first-order valence-corrected chi connectivity index (χ1v) is 7.27. The Morgan fingerprint density at radius 1 is 1.26 bits per heavy atom. The van der Waals surface area contributed by atoms with Crippen molar-refractivity contribution in [2.45, 2.75) is 25.8 Å². The number of aryl methyl sites for hydroxylation is 1. The molecular formula is C16H22N2O. The summed E-state index contributed by atoms with van der Waals surface area (Å²) in [6.07, 6.45) is 2.26. The lowest BCUT2D eigenvalue weighted by molar-refractivity contribution is 0.0774. The predicted molar refractivity (Wildman–Crippen MR) is 76.2 cm³/mol. The van der Waals surface area contributed by atoms with Gasteiger partial charge in [0.15, 0.2) is 0 Å². The van der Waals surface area contributed by atoms with Crippen LogP contribution in [0.25, 0.3) is 0 Å². The molecule has 3 heteroatoms. The van der Waals surface area contributed by atoms with Crippen molar-refractivity contribution in [1.82, 2.24) is 9.80 Å². The van der Waals surface area contributed by atoms with Crippen molar-refractivity contribution < 1.29 is 4.79 Å². The Morgan fingerprint density at radius 3 is 2.63 bits per heavy atom. The van der Waals surface area contributed by atoms with Crippen molar-refractivity contribution >= 4 is 5.91 Å². The third-order valence-electron chi connectivity index (χ3n) is 4.72. The molecule has 2 saturated heterocycles. The monoisotopic (exact) mass is 258 g/mol. The van der Waals surface area contributed by atoms with Crippen LogP contribution in [0.3, 0.4) is 0 Å². The average molecular weight is 258 g/mol. The molecule has 3 nitrogen and oxygen atoms in total. The number of likely N-dealkylation sites (tertiary alicyclic amines) is 2. The van der Waals surface area contributed by atoms with Gasteiger partial charge in [0.2, 0.25) is 0 Å². The fourth-order valence-electron chi connectivity index (χ4n) is 3.40. The maximum atomic E-state index is 12.5. The highest BCUT2D eigenvalue weighted by molar-refractivity contribution is 5.94. The van der Waals surface area contributed by atoms with Crippen molar-refractivity contribution in [2.75, 3.05) is 26.7 Å². The Kier molecular flexibility index (Phi) is 3.31. The Morgan fingerprint density at radius 2 is 2.00 bits per heavy atom. The van der Waals surface area contributed by atoms with Crippen LogP contribution in [0.5, 0.6) is 0 Å². The van der Waals surface area contributed by atoms with Gasteiger partial charge < -0.3 is 9.80 Å².